The van der Waals surface area contributed by atoms with Crippen molar-refractivity contribution in [2.24, 2.45) is 0 Å². The third-order valence-electron chi connectivity index (χ3n) is 2.47. The number of aromatic amines is 1. The molecule has 0 aliphatic heterocycles. The van der Waals surface area contributed by atoms with Crippen LogP contribution in [-0.4, -0.2) is 30.1 Å². The monoisotopic (exact) mass is 253 g/mol. The second kappa shape index (κ2) is 7.53. The number of esters is 2. The molecule has 100 valence electrons. The fourth-order valence-corrected chi connectivity index (χ4v) is 1.66. The van der Waals surface area contributed by atoms with Crippen molar-refractivity contribution in [3.8, 4) is 0 Å². The fraction of sp³-hybridized carbons (Fsp3) is 0.538. The van der Waals surface area contributed by atoms with Crippen LogP contribution in [0.2, 0.25) is 0 Å². The smallest absolute Gasteiger partial charge is 0.310 e. The molecule has 0 unspecified atom stereocenters. The Morgan fingerprint density at radius 3 is 2.33 bits per heavy atom. The van der Waals surface area contributed by atoms with E-state index in [0.717, 1.165) is 11.1 Å². The number of hydrogen-bond acceptors (Lipinski definition) is 4. The maximum Gasteiger partial charge on any atom is 0.310 e. The van der Waals surface area contributed by atoms with Gasteiger partial charge in [0, 0.05) is 18.8 Å². The SMILES string of the molecule is CCOC(=O)CCc1c[nH]cc1CC(=O)OCC. The van der Waals surface area contributed by atoms with Crippen LogP contribution < -0.4 is 0 Å². The summed E-state index contributed by atoms with van der Waals surface area (Å²) < 4.78 is 9.75. The lowest BCUT2D eigenvalue weighted by atomic mass is 10.1. The zero-order chi connectivity index (χ0) is 13.4. The van der Waals surface area contributed by atoms with Crippen LogP contribution in [-0.2, 0) is 31.9 Å². The molecule has 1 heterocycles. The van der Waals surface area contributed by atoms with Gasteiger partial charge in [-0.2, -0.15) is 0 Å². The molecule has 0 aliphatic carbocycles. The van der Waals surface area contributed by atoms with E-state index in [2.05, 4.69) is 4.98 Å². The summed E-state index contributed by atoms with van der Waals surface area (Å²) in [7, 11) is 0. The first-order valence-electron chi connectivity index (χ1n) is 6.13. The molecule has 0 saturated heterocycles. The van der Waals surface area contributed by atoms with Gasteiger partial charge in [0.2, 0.25) is 0 Å². The number of rotatable bonds is 7. The standard InChI is InChI=1S/C13H19NO4/c1-3-17-12(15)6-5-10-8-14-9-11(10)7-13(16)18-4-2/h8-9,14H,3-7H2,1-2H3. The summed E-state index contributed by atoms with van der Waals surface area (Å²) >= 11 is 0. The van der Waals surface area contributed by atoms with E-state index < -0.39 is 0 Å². The molecule has 1 N–H and O–H groups in total. The second-order valence-electron chi connectivity index (χ2n) is 3.79. The number of carbonyl (C=O) groups excluding carboxylic acids is 2. The highest BCUT2D eigenvalue weighted by atomic mass is 16.5. The van der Waals surface area contributed by atoms with Crippen molar-refractivity contribution in [1.29, 1.82) is 0 Å². The summed E-state index contributed by atoms with van der Waals surface area (Å²) in [4.78, 5) is 25.6. The number of H-pyrrole nitrogens is 1. The quantitative estimate of drug-likeness (QED) is 0.750. The van der Waals surface area contributed by atoms with E-state index >= 15 is 0 Å². The number of aromatic nitrogens is 1. The molecule has 18 heavy (non-hydrogen) atoms. The Labute approximate surface area is 106 Å². The van der Waals surface area contributed by atoms with Gasteiger partial charge in [-0.3, -0.25) is 9.59 Å². The minimum atomic E-state index is -0.255. The van der Waals surface area contributed by atoms with Crippen molar-refractivity contribution in [3.05, 3.63) is 23.5 Å². The van der Waals surface area contributed by atoms with Crippen LogP contribution in [0.25, 0.3) is 0 Å². The first kappa shape index (κ1) is 14.3. The third-order valence-corrected chi connectivity index (χ3v) is 2.47. The fourth-order valence-electron chi connectivity index (χ4n) is 1.66. The highest BCUT2D eigenvalue weighted by Gasteiger charge is 2.11. The van der Waals surface area contributed by atoms with Crippen LogP contribution in [0.5, 0.6) is 0 Å². The largest absolute Gasteiger partial charge is 0.466 e. The van der Waals surface area contributed by atoms with Crippen molar-refractivity contribution in [1.82, 2.24) is 4.98 Å². The van der Waals surface area contributed by atoms with Gasteiger partial charge < -0.3 is 14.5 Å². The number of aryl methyl sites for hydroxylation is 1. The molecule has 1 rings (SSSR count). The van der Waals surface area contributed by atoms with E-state index in [1.807, 2.05) is 0 Å². The Bertz CT molecular complexity index is 397. The van der Waals surface area contributed by atoms with Crippen LogP contribution in [0.15, 0.2) is 12.4 Å². The summed E-state index contributed by atoms with van der Waals surface area (Å²) in [5, 5.41) is 0. The van der Waals surface area contributed by atoms with Crippen molar-refractivity contribution in [3.63, 3.8) is 0 Å². The number of hydrogen-bond donors (Lipinski definition) is 1. The zero-order valence-corrected chi connectivity index (χ0v) is 10.8. The summed E-state index contributed by atoms with van der Waals surface area (Å²) in [5.74, 6) is -0.477. The van der Waals surface area contributed by atoms with Crippen LogP contribution in [0.4, 0.5) is 0 Å². The topological polar surface area (TPSA) is 68.4 Å². The van der Waals surface area contributed by atoms with Gasteiger partial charge in [0.1, 0.15) is 0 Å². The molecular weight excluding hydrogens is 234 g/mol. The van der Waals surface area contributed by atoms with Crippen LogP contribution >= 0.6 is 0 Å². The molecule has 1 aromatic rings. The molecule has 0 fully saturated rings. The Morgan fingerprint density at radius 2 is 1.67 bits per heavy atom. The summed E-state index contributed by atoms with van der Waals surface area (Å²) in [6.07, 6.45) is 4.68. The Balaban J connectivity index is 2.49. The van der Waals surface area contributed by atoms with Crippen molar-refractivity contribution < 1.29 is 19.1 Å². The predicted octanol–water partition coefficient (Wildman–Crippen LogP) is 1.62. The molecule has 0 spiro atoms. The Kier molecular flexibility index (Phi) is 5.97. The van der Waals surface area contributed by atoms with Crippen LogP contribution in [0.1, 0.15) is 31.4 Å². The molecule has 0 atom stereocenters. The number of carbonyl (C=O) groups is 2. The van der Waals surface area contributed by atoms with Crippen LogP contribution in [0.3, 0.4) is 0 Å². The molecule has 0 saturated carbocycles. The lowest BCUT2D eigenvalue weighted by molar-refractivity contribution is -0.143. The van der Waals surface area contributed by atoms with Gasteiger partial charge in [0.15, 0.2) is 0 Å². The van der Waals surface area contributed by atoms with Gasteiger partial charge in [-0.1, -0.05) is 0 Å². The molecule has 0 aromatic carbocycles. The second-order valence-corrected chi connectivity index (χ2v) is 3.79. The molecule has 5 nitrogen and oxygen atoms in total. The Morgan fingerprint density at radius 1 is 1.06 bits per heavy atom. The highest BCUT2D eigenvalue weighted by Crippen LogP contribution is 2.12. The summed E-state index contributed by atoms with van der Waals surface area (Å²) in [6.45, 7) is 4.32. The first-order valence-corrected chi connectivity index (χ1v) is 6.13. The van der Waals surface area contributed by atoms with Crippen molar-refractivity contribution >= 4 is 11.9 Å². The van der Waals surface area contributed by atoms with Gasteiger partial charge in [0.05, 0.1) is 19.6 Å². The molecule has 1 aromatic heterocycles. The average molecular weight is 253 g/mol. The van der Waals surface area contributed by atoms with Gasteiger partial charge in [-0.05, 0) is 31.4 Å². The first-order chi connectivity index (χ1) is 8.67. The number of ether oxygens (including phenoxy) is 2. The molecule has 0 radical (unpaired) electrons. The summed E-state index contributed by atoms with van der Waals surface area (Å²) in [6, 6.07) is 0. The van der Waals surface area contributed by atoms with E-state index in [1.165, 1.54) is 0 Å². The minimum absolute atomic E-state index is 0.221. The third kappa shape index (κ3) is 4.61. The lowest BCUT2D eigenvalue weighted by Crippen LogP contribution is -2.09. The molecule has 0 amide bonds. The normalized spacial score (nSPS) is 10.1. The van der Waals surface area contributed by atoms with E-state index in [1.54, 1.807) is 26.2 Å². The highest BCUT2D eigenvalue weighted by molar-refractivity contribution is 5.73. The predicted molar refractivity (Wildman–Crippen MR) is 66.1 cm³/mol. The van der Waals surface area contributed by atoms with Gasteiger partial charge in [-0.25, -0.2) is 0 Å². The van der Waals surface area contributed by atoms with Gasteiger partial charge in [-0.15, -0.1) is 0 Å². The van der Waals surface area contributed by atoms with E-state index in [4.69, 9.17) is 9.47 Å². The maximum atomic E-state index is 11.4. The molecule has 0 aliphatic rings. The van der Waals surface area contributed by atoms with E-state index in [0.29, 0.717) is 26.1 Å². The number of nitrogens with one attached hydrogen (secondary N) is 1. The van der Waals surface area contributed by atoms with E-state index in [-0.39, 0.29) is 18.4 Å². The lowest BCUT2D eigenvalue weighted by Gasteiger charge is -2.04. The molecule has 0 bridgehead atoms. The van der Waals surface area contributed by atoms with Crippen molar-refractivity contribution in [2.45, 2.75) is 33.1 Å². The maximum absolute atomic E-state index is 11.4. The zero-order valence-electron chi connectivity index (χ0n) is 10.8. The molecular formula is C13H19NO4. The van der Waals surface area contributed by atoms with Gasteiger partial charge >= 0.3 is 11.9 Å². The molecule has 5 heteroatoms. The minimum Gasteiger partial charge on any atom is -0.466 e. The van der Waals surface area contributed by atoms with E-state index in [9.17, 15) is 9.59 Å². The van der Waals surface area contributed by atoms with Gasteiger partial charge in [0.25, 0.3) is 0 Å². The average Bonchev–Trinajstić information content (AvgIpc) is 2.74. The summed E-state index contributed by atoms with van der Waals surface area (Å²) in [5.41, 5.74) is 1.83. The van der Waals surface area contributed by atoms with Crippen LogP contribution in [0, 0.1) is 0 Å². The van der Waals surface area contributed by atoms with Crippen molar-refractivity contribution in [2.75, 3.05) is 13.2 Å². The Hall–Kier alpha value is -1.78.